The van der Waals surface area contributed by atoms with Gasteiger partial charge in [0.2, 0.25) is 0 Å². The molecule has 110 valence electrons. The van der Waals surface area contributed by atoms with Gasteiger partial charge in [0.1, 0.15) is 11.5 Å². The second-order valence-electron chi connectivity index (χ2n) is 4.46. The summed E-state index contributed by atoms with van der Waals surface area (Å²) in [6.07, 6.45) is 0.781. The topological polar surface area (TPSA) is 30.8 Å². The molecule has 4 heteroatoms. The summed E-state index contributed by atoms with van der Waals surface area (Å²) in [4.78, 5) is 4.70. The quantitative estimate of drug-likeness (QED) is 0.736. The first-order valence-corrected chi connectivity index (χ1v) is 7.11. The smallest absolute Gasteiger partial charge is 0.124 e. The van der Waals surface area contributed by atoms with Crippen molar-refractivity contribution < 1.29 is 9.47 Å². The van der Waals surface area contributed by atoms with E-state index in [1.165, 1.54) is 0 Å². The van der Waals surface area contributed by atoms with Crippen molar-refractivity contribution in [2.45, 2.75) is 13.3 Å². The van der Waals surface area contributed by atoms with E-state index in [2.05, 4.69) is 6.92 Å². The van der Waals surface area contributed by atoms with Gasteiger partial charge in [0.15, 0.2) is 0 Å². The third-order valence-electron chi connectivity index (χ3n) is 3.12. The van der Waals surface area contributed by atoms with E-state index in [4.69, 9.17) is 26.1 Å². The maximum Gasteiger partial charge on any atom is 0.124 e. The molecule has 0 saturated heterocycles. The highest BCUT2D eigenvalue weighted by Gasteiger charge is 2.07. The molecule has 0 aliphatic heterocycles. The van der Waals surface area contributed by atoms with E-state index in [1.54, 1.807) is 14.2 Å². The second kappa shape index (κ2) is 7.14. The molecule has 0 amide bonds. The molecule has 0 unspecified atom stereocenters. The first-order valence-electron chi connectivity index (χ1n) is 6.73. The molecule has 2 aromatic carbocycles. The lowest BCUT2D eigenvalue weighted by molar-refractivity contribution is 0.394. The SMILES string of the molecule is CCC(=Nc1cc(OC)cc(OC)c1)c1ccccc1Cl. The maximum atomic E-state index is 6.25. The van der Waals surface area contributed by atoms with E-state index < -0.39 is 0 Å². The number of benzene rings is 2. The van der Waals surface area contributed by atoms with Crippen LogP contribution in [0.15, 0.2) is 47.5 Å². The average molecular weight is 304 g/mol. The summed E-state index contributed by atoms with van der Waals surface area (Å²) in [5.74, 6) is 1.42. The molecule has 0 radical (unpaired) electrons. The number of hydrogen-bond donors (Lipinski definition) is 0. The number of nitrogens with zero attached hydrogens (tertiary/aromatic N) is 1. The third-order valence-corrected chi connectivity index (χ3v) is 3.45. The van der Waals surface area contributed by atoms with Crippen LogP contribution < -0.4 is 9.47 Å². The highest BCUT2D eigenvalue weighted by molar-refractivity contribution is 6.34. The number of ether oxygens (including phenoxy) is 2. The van der Waals surface area contributed by atoms with Crippen LogP contribution in [0.4, 0.5) is 5.69 Å². The Morgan fingerprint density at radius 3 is 2.19 bits per heavy atom. The van der Waals surface area contributed by atoms with Crippen LogP contribution in [0.3, 0.4) is 0 Å². The fourth-order valence-electron chi connectivity index (χ4n) is 2.04. The maximum absolute atomic E-state index is 6.25. The fourth-order valence-corrected chi connectivity index (χ4v) is 2.28. The zero-order valence-corrected chi connectivity index (χ0v) is 13.1. The molecular formula is C17H18ClNO2. The summed E-state index contributed by atoms with van der Waals surface area (Å²) in [5.41, 5.74) is 2.65. The second-order valence-corrected chi connectivity index (χ2v) is 4.87. The van der Waals surface area contributed by atoms with E-state index in [0.29, 0.717) is 16.5 Å². The zero-order chi connectivity index (χ0) is 15.2. The van der Waals surface area contributed by atoms with Crippen LogP contribution in [-0.2, 0) is 0 Å². The molecule has 0 aliphatic rings. The Morgan fingerprint density at radius 2 is 1.67 bits per heavy atom. The lowest BCUT2D eigenvalue weighted by Crippen LogP contribution is -1.99. The van der Waals surface area contributed by atoms with Gasteiger partial charge in [-0.1, -0.05) is 36.7 Å². The van der Waals surface area contributed by atoms with Crippen LogP contribution in [-0.4, -0.2) is 19.9 Å². The van der Waals surface area contributed by atoms with Crippen LogP contribution in [0, 0.1) is 0 Å². The minimum Gasteiger partial charge on any atom is -0.497 e. The summed E-state index contributed by atoms with van der Waals surface area (Å²) in [6, 6.07) is 13.3. The van der Waals surface area contributed by atoms with Crippen molar-refractivity contribution in [1.82, 2.24) is 0 Å². The van der Waals surface area contributed by atoms with Gasteiger partial charge < -0.3 is 9.47 Å². The monoisotopic (exact) mass is 303 g/mol. The first kappa shape index (κ1) is 15.4. The Bertz CT molecular complexity index is 631. The molecule has 0 saturated carbocycles. The minimum absolute atomic E-state index is 0.702. The number of rotatable bonds is 5. The molecule has 0 N–H and O–H groups in total. The number of halogens is 1. The number of aliphatic imine (C=N–C) groups is 1. The predicted octanol–water partition coefficient (Wildman–Crippen LogP) is 4.89. The first-order chi connectivity index (χ1) is 10.2. The molecule has 0 aliphatic carbocycles. The lowest BCUT2D eigenvalue weighted by atomic mass is 10.1. The van der Waals surface area contributed by atoms with Gasteiger partial charge in [-0.15, -0.1) is 0 Å². The van der Waals surface area contributed by atoms with Crippen molar-refractivity contribution in [3.05, 3.63) is 53.1 Å². The van der Waals surface area contributed by atoms with Crippen LogP contribution in [0.2, 0.25) is 5.02 Å². The van der Waals surface area contributed by atoms with Gasteiger partial charge in [0.25, 0.3) is 0 Å². The van der Waals surface area contributed by atoms with Gasteiger partial charge in [-0.25, -0.2) is 0 Å². The van der Waals surface area contributed by atoms with Crippen molar-refractivity contribution in [2.24, 2.45) is 4.99 Å². The highest BCUT2D eigenvalue weighted by Crippen LogP contribution is 2.29. The Kier molecular flexibility index (Phi) is 5.23. The Hall–Kier alpha value is -2.00. The molecule has 21 heavy (non-hydrogen) atoms. The van der Waals surface area contributed by atoms with Crippen molar-refractivity contribution >= 4 is 23.0 Å². The third kappa shape index (κ3) is 3.76. The van der Waals surface area contributed by atoms with E-state index in [0.717, 1.165) is 23.4 Å². The van der Waals surface area contributed by atoms with E-state index in [-0.39, 0.29) is 0 Å². The summed E-state index contributed by atoms with van der Waals surface area (Å²) >= 11 is 6.25. The summed E-state index contributed by atoms with van der Waals surface area (Å²) in [7, 11) is 3.24. The largest absolute Gasteiger partial charge is 0.497 e. The molecule has 0 atom stereocenters. The van der Waals surface area contributed by atoms with Crippen molar-refractivity contribution in [3.8, 4) is 11.5 Å². The zero-order valence-electron chi connectivity index (χ0n) is 12.4. The molecule has 2 aromatic rings. The summed E-state index contributed by atoms with van der Waals surface area (Å²) in [6.45, 7) is 2.06. The Morgan fingerprint density at radius 1 is 1.05 bits per heavy atom. The number of methoxy groups -OCH3 is 2. The molecule has 0 bridgehead atoms. The van der Waals surface area contributed by atoms with Crippen molar-refractivity contribution in [1.29, 1.82) is 0 Å². The highest BCUT2D eigenvalue weighted by atomic mass is 35.5. The Labute approximate surface area is 130 Å². The lowest BCUT2D eigenvalue weighted by Gasteiger charge is -2.09. The molecule has 0 heterocycles. The fraction of sp³-hybridized carbons (Fsp3) is 0.235. The van der Waals surface area contributed by atoms with E-state index in [1.807, 2.05) is 42.5 Å². The molecule has 0 fully saturated rings. The summed E-state index contributed by atoms with van der Waals surface area (Å²) in [5, 5.41) is 0.702. The standard InChI is InChI=1S/C17H18ClNO2/c1-4-17(15-7-5-6-8-16(15)18)19-12-9-13(20-2)11-14(10-12)21-3/h5-11H,4H2,1-3H3. The molecule has 0 spiro atoms. The van der Waals surface area contributed by atoms with Crippen LogP contribution >= 0.6 is 11.6 Å². The van der Waals surface area contributed by atoms with Gasteiger partial charge in [0, 0.05) is 34.5 Å². The van der Waals surface area contributed by atoms with Crippen LogP contribution in [0.5, 0.6) is 11.5 Å². The molecular weight excluding hydrogens is 286 g/mol. The van der Waals surface area contributed by atoms with Gasteiger partial charge >= 0.3 is 0 Å². The van der Waals surface area contributed by atoms with Gasteiger partial charge in [-0.3, -0.25) is 4.99 Å². The van der Waals surface area contributed by atoms with Crippen molar-refractivity contribution in [3.63, 3.8) is 0 Å². The average Bonchev–Trinajstić information content (AvgIpc) is 2.53. The van der Waals surface area contributed by atoms with E-state index in [9.17, 15) is 0 Å². The minimum atomic E-state index is 0.702. The normalized spacial score (nSPS) is 11.3. The summed E-state index contributed by atoms with van der Waals surface area (Å²) < 4.78 is 10.5. The van der Waals surface area contributed by atoms with Crippen molar-refractivity contribution in [2.75, 3.05) is 14.2 Å². The molecule has 0 aromatic heterocycles. The van der Waals surface area contributed by atoms with Crippen LogP contribution in [0.25, 0.3) is 0 Å². The van der Waals surface area contributed by atoms with Gasteiger partial charge in [-0.05, 0) is 12.5 Å². The molecule has 2 rings (SSSR count). The van der Waals surface area contributed by atoms with E-state index >= 15 is 0 Å². The van der Waals surface area contributed by atoms with Gasteiger partial charge in [-0.2, -0.15) is 0 Å². The number of hydrogen-bond acceptors (Lipinski definition) is 3. The van der Waals surface area contributed by atoms with Crippen LogP contribution in [0.1, 0.15) is 18.9 Å². The van der Waals surface area contributed by atoms with Gasteiger partial charge in [0.05, 0.1) is 19.9 Å². The Balaban J connectivity index is 2.47. The predicted molar refractivity (Wildman–Crippen MR) is 87.5 cm³/mol. The molecule has 3 nitrogen and oxygen atoms in total.